The third-order valence-corrected chi connectivity index (χ3v) is 3.73. The highest BCUT2D eigenvalue weighted by atomic mass is 79.9. The number of nitrogens with one attached hydrogen (secondary N) is 1. The van der Waals surface area contributed by atoms with E-state index >= 15 is 0 Å². The van der Waals surface area contributed by atoms with Crippen molar-refractivity contribution in [1.29, 1.82) is 0 Å². The maximum atomic E-state index is 13.3. The Balaban J connectivity index is 2.27. The van der Waals surface area contributed by atoms with Crippen LogP contribution in [0.25, 0.3) is 0 Å². The smallest absolute Gasteiger partial charge is 0.225 e. The van der Waals surface area contributed by atoms with Crippen LogP contribution in [-0.2, 0) is 0 Å². The van der Waals surface area contributed by atoms with Crippen molar-refractivity contribution in [1.82, 2.24) is 9.97 Å². The third-order valence-electron chi connectivity index (χ3n) is 2.53. The third kappa shape index (κ3) is 4.57. The standard InChI is InChI=1S/C14H15BrFN3OS/c1-3-6-17-12-8-13(19-14(18-12)21-2)20-11-7-9(16)4-5-10(11)15/h4-5,7-8H,3,6H2,1-2H3,(H,17,18,19). The Kier molecular flexibility index (Phi) is 5.81. The van der Waals surface area contributed by atoms with E-state index in [2.05, 4.69) is 38.1 Å². The molecule has 0 bridgehead atoms. The van der Waals surface area contributed by atoms with Gasteiger partial charge in [0.05, 0.1) is 4.47 Å². The zero-order valence-corrected chi connectivity index (χ0v) is 14.1. The molecule has 0 amide bonds. The van der Waals surface area contributed by atoms with Crippen molar-refractivity contribution < 1.29 is 9.13 Å². The highest BCUT2D eigenvalue weighted by Gasteiger charge is 2.09. The van der Waals surface area contributed by atoms with Crippen LogP contribution in [0.5, 0.6) is 11.6 Å². The van der Waals surface area contributed by atoms with Gasteiger partial charge in [0, 0.05) is 18.7 Å². The van der Waals surface area contributed by atoms with Gasteiger partial charge in [-0.15, -0.1) is 0 Å². The van der Waals surface area contributed by atoms with E-state index in [0.29, 0.717) is 27.1 Å². The van der Waals surface area contributed by atoms with E-state index in [1.165, 1.54) is 23.9 Å². The summed E-state index contributed by atoms with van der Waals surface area (Å²) in [4.78, 5) is 8.62. The Labute approximate surface area is 135 Å². The lowest BCUT2D eigenvalue weighted by Crippen LogP contribution is -2.04. The van der Waals surface area contributed by atoms with Crippen molar-refractivity contribution in [3.63, 3.8) is 0 Å². The zero-order chi connectivity index (χ0) is 15.2. The van der Waals surface area contributed by atoms with Gasteiger partial charge in [0.2, 0.25) is 5.88 Å². The molecule has 0 radical (unpaired) electrons. The number of halogens is 2. The van der Waals surface area contributed by atoms with Gasteiger partial charge in [-0.1, -0.05) is 18.7 Å². The van der Waals surface area contributed by atoms with E-state index in [1.54, 1.807) is 12.1 Å². The van der Waals surface area contributed by atoms with E-state index in [-0.39, 0.29) is 5.82 Å². The normalized spacial score (nSPS) is 10.5. The molecule has 0 spiro atoms. The average Bonchev–Trinajstić information content (AvgIpc) is 2.48. The van der Waals surface area contributed by atoms with Gasteiger partial charge in [-0.05, 0) is 40.7 Å². The molecule has 0 aliphatic rings. The number of hydrogen-bond donors (Lipinski definition) is 1. The minimum absolute atomic E-state index is 0.364. The molecule has 0 saturated carbocycles. The van der Waals surface area contributed by atoms with E-state index in [4.69, 9.17) is 4.74 Å². The second kappa shape index (κ2) is 7.61. The highest BCUT2D eigenvalue weighted by molar-refractivity contribution is 9.10. The molecular weight excluding hydrogens is 357 g/mol. The molecule has 2 rings (SSSR count). The molecule has 1 aromatic carbocycles. The average molecular weight is 372 g/mol. The Hall–Kier alpha value is -1.34. The predicted octanol–water partition coefficient (Wildman–Crippen LogP) is 4.71. The number of ether oxygens (including phenoxy) is 1. The maximum absolute atomic E-state index is 13.3. The van der Waals surface area contributed by atoms with Gasteiger partial charge in [-0.25, -0.2) is 9.37 Å². The fourth-order valence-corrected chi connectivity index (χ4v) is 2.26. The zero-order valence-electron chi connectivity index (χ0n) is 11.7. The van der Waals surface area contributed by atoms with Gasteiger partial charge in [-0.3, -0.25) is 0 Å². The van der Waals surface area contributed by atoms with E-state index in [0.717, 1.165) is 13.0 Å². The van der Waals surface area contributed by atoms with Crippen molar-refractivity contribution in [2.75, 3.05) is 18.1 Å². The van der Waals surface area contributed by atoms with Crippen molar-refractivity contribution >= 4 is 33.5 Å². The molecule has 1 N–H and O–H groups in total. The fourth-order valence-electron chi connectivity index (χ4n) is 1.56. The Morgan fingerprint density at radius 2 is 2.14 bits per heavy atom. The van der Waals surface area contributed by atoms with Crippen molar-refractivity contribution in [3.8, 4) is 11.6 Å². The first-order chi connectivity index (χ1) is 10.1. The quantitative estimate of drug-likeness (QED) is 0.588. The molecule has 4 nitrogen and oxygen atoms in total. The molecule has 0 aliphatic carbocycles. The molecule has 7 heteroatoms. The lowest BCUT2D eigenvalue weighted by atomic mass is 10.3. The van der Waals surface area contributed by atoms with E-state index < -0.39 is 0 Å². The SMILES string of the molecule is CCCNc1cc(Oc2cc(F)ccc2Br)nc(SC)n1. The van der Waals surface area contributed by atoms with Gasteiger partial charge in [-0.2, -0.15) is 4.98 Å². The van der Waals surface area contributed by atoms with Gasteiger partial charge in [0.1, 0.15) is 17.4 Å². The number of anilines is 1. The molecule has 112 valence electrons. The second-order valence-corrected chi connectivity index (χ2v) is 5.81. The van der Waals surface area contributed by atoms with E-state index in [1.807, 2.05) is 6.26 Å². The van der Waals surface area contributed by atoms with Crippen LogP contribution in [-0.4, -0.2) is 22.8 Å². The molecule has 0 aliphatic heterocycles. The number of hydrogen-bond acceptors (Lipinski definition) is 5. The summed E-state index contributed by atoms with van der Waals surface area (Å²) in [5.74, 6) is 1.08. The summed E-state index contributed by atoms with van der Waals surface area (Å²) < 4.78 is 19.6. The van der Waals surface area contributed by atoms with Crippen LogP contribution in [0.4, 0.5) is 10.2 Å². The largest absolute Gasteiger partial charge is 0.438 e. The van der Waals surface area contributed by atoms with Crippen LogP contribution in [0.1, 0.15) is 13.3 Å². The fraction of sp³-hybridized carbons (Fsp3) is 0.286. The van der Waals surface area contributed by atoms with Crippen molar-refractivity contribution in [2.24, 2.45) is 0 Å². The number of nitrogens with zero attached hydrogens (tertiary/aromatic N) is 2. The predicted molar refractivity (Wildman–Crippen MR) is 86.8 cm³/mol. The van der Waals surface area contributed by atoms with Gasteiger partial charge < -0.3 is 10.1 Å². The monoisotopic (exact) mass is 371 g/mol. The van der Waals surface area contributed by atoms with Crippen molar-refractivity contribution in [3.05, 3.63) is 34.6 Å². The summed E-state index contributed by atoms with van der Waals surface area (Å²) in [6.45, 7) is 2.89. The van der Waals surface area contributed by atoms with Crippen molar-refractivity contribution in [2.45, 2.75) is 18.5 Å². The van der Waals surface area contributed by atoms with Crippen LogP contribution in [0.3, 0.4) is 0 Å². The molecule has 1 aromatic heterocycles. The number of rotatable bonds is 6. The molecule has 21 heavy (non-hydrogen) atoms. The molecule has 0 atom stereocenters. The summed E-state index contributed by atoms with van der Waals surface area (Å²) in [6.07, 6.45) is 2.88. The molecule has 2 aromatic rings. The summed E-state index contributed by atoms with van der Waals surface area (Å²) in [5, 5.41) is 3.79. The van der Waals surface area contributed by atoms with Gasteiger partial charge >= 0.3 is 0 Å². The topological polar surface area (TPSA) is 47.0 Å². The lowest BCUT2D eigenvalue weighted by molar-refractivity contribution is 0.449. The minimum atomic E-state index is -0.364. The summed E-state index contributed by atoms with van der Waals surface area (Å²) in [7, 11) is 0. The highest BCUT2D eigenvalue weighted by Crippen LogP contribution is 2.30. The summed E-state index contributed by atoms with van der Waals surface area (Å²) >= 11 is 4.75. The maximum Gasteiger partial charge on any atom is 0.225 e. The second-order valence-electron chi connectivity index (χ2n) is 4.18. The lowest BCUT2D eigenvalue weighted by Gasteiger charge is -2.10. The number of benzene rings is 1. The Morgan fingerprint density at radius 3 is 2.86 bits per heavy atom. The summed E-state index contributed by atoms with van der Waals surface area (Å²) in [5.41, 5.74) is 0. The first-order valence-electron chi connectivity index (χ1n) is 6.42. The van der Waals surface area contributed by atoms with Crippen LogP contribution in [0, 0.1) is 5.82 Å². The van der Waals surface area contributed by atoms with Crippen LogP contribution in [0.2, 0.25) is 0 Å². The molecule has 0 saturated heterocycles. The number of aromatic nitrogens is 2. The van der Waals surface area contributed by atoms with Crippen LogP contribution in [0.15, 0.2) is 33.9 Å². The number of thioether (sulfide) groups is 1. The van der Waals surface area contributed by atoms with E-state index in [9.17, 15) is 4.39 Å². The Morgan fingerprint density at radius 1 is 1.33 bits per heavy atom. The first kappa shape index (κ1) is 16.0. The van der Waals surface area contributed by atoms with Gasteiger partial charge in [0.25, 0.3) is 0 Å². The van der Waals surface area contributed by atoms with Crippen LogP contribution >= 0.6 is 27.7 Å². The molecule has 0 unspecified atom stereocenters. The minimum Gasteiger partial charge on any atom is -0.438 e. The molecule has 0 fully saturated rings. The summed E-state index contributed by atoms with van der Waals surface area (Å²) in [6, 6.07) is 5.97. The molecule has 1 heterocycles. The van der Waals surface area contributed by atoms with Crippen LogP contribution < -0.4 is 10.1 Å². The Bertz CT molecular complexity index is 627. The van der Waals surface area contributed by atoms with Gasteiger partial charge in [0.15, 0.2) is 5.16 Å². The first-order valence-corrected chi connectivity index (χ1v) is 8.44. The molecular formula is C14H15BrFN3OS.